The summed E-state index contributed by atoms with van der Waals surface area (Å²) in [6, 6.07) is 18.2. The smallest absolute Gasteiger partial charge is 0.326 e. The van der Waals surface area contributed by atoms with E-state index in [0.717, 1.165) is 5.56 Å². The van der Waals surface area contributed by atoms with Gasteiger partial charge in [0.1, 0.15) is 18.8 Å². The first kappa shape index (κ1) is 26.0. The summed E-state index contributed by atoms with van der Waals surface area (Å²) in [5.41, 5.74) is 0.579. The Balaban J connectivity index is 1.83. The molecular formula is C26H28ClN3O5. The molecule has 0 amide bonds. The fourth-order valence-corrected chi connectivity index (χ4v) is 3.56. The summed E-state index contributed by atoms with van der Waals surface area (Å²) in [5.74, 6) is -1.09. The number of anilines is 1. The van der Waals surface area contributed by atoms with Crippen LogP contribution in [0.1, 0.15) is 32.8 Å². The lowest BCUT2D eigenvalue weighted by Crippen LogP contribution is -2.31. The van der Waals surface area contributed by atoms with Gasteiger partial charge in [-0.15, -0.1) is 0 Å². The lowest BCUT2D eigenvalue weighted by molar-refractivity contribution is -0.154. The third kappa shape index (κ3) is 7.68. The second kappa shape index (κ2) is 11.7. The summed E-state index contributed by atoms with van der Waals surface area (Å²) in [7, 11) is 0. The molecule has 0 unspecified atom stereocenters. The van der Waals surface area contributed by atoms with E-state index in [-0.39, 0.29) is 37.1 Å². The van der Waals surface area contributed by atoms with Crippen LogP contribution < -0.4 is 10.9 Å². The lowest BCUT2D eigenvalue weighted by Gasteiger charge is -2.19. The number of nitrogens with zero attached hydrogens (tertiary/aromatic N) is 2. The van der Waals surface area contributed by atoms with Gasteiger partial charge in [-0.3, -0.25) is 19.0 Å². The van der Waals surface area contributed by atoms with Gasteiger partial charge in [-0.1, -0.05) is 72.3 Å². The van der Waals surface area contributed by atoms with E-state index in [1.165, 1.54) is 4.57 Å². The molecule has 0 fully saturated rings. The van der Waals surface area contributed by atoms with Crippen molar-refractivity contribution in [1.82, 2.24) is 9.55 Å². The third-order valence-corrected chi connectivity index (χ3v) is 5.01. The molecule has 184 valence electrons. The highest BCUT2D eigenvalue weighted by Gasteiger charge is 2.21. The summed E-state index contributed by atoms with van der Waals surface area (Å²) in [6.45, 7) is 5.15. The molecule has 1 aromatic heterocycles. The third-order valence-electron chi connectivity index (χ3n) is 4.74. The van der Waals surface area contributed by atoms with Crippen molar-refractivity contribution in [2.24, 2.45) is 0 Å². The summed E-state index contributed by atoms with van der Waals surface area (Å²) in [5, 5.41) is 2.87. The fourth-order valence-electron chi connectivity index (χ4n) is 3.26. The predicted octanol–water partition coefficient (Wildman–Crippen LogP) is 4.45. The highest BCUT2D eigenvalue weighted by Crippen LogP contribution is 2.26. The van der Waals surface area contributed by atoms with Crippen molar-refractivity contribution < 1.29 is 19.1 Å². The average molecular weight is 498 g/mol. The first-order valence-electron chi connectivity index (χ1n) is 11.1. The average Bonchev–Trinajstić information content (AvgIpc) is 2.81. The van der Waals surface area contributed by atoms with Crippen LogP contribution in [0, 0.1) is 0 Å². The van der Waals surface area contributed by atoms with E-state index in [0.29, 0.717) is 11.3 Å². The molecule has 0 aliphatic rings. The van der Waals surface area contributed by atoms with Crippen molar-refractivity contribution in [2.75, 3.05) is 11.9 Å². The highest BCUT2D eigenvalue weighted by atomic mass is 35.5. The van der Waals surface area contributed by atoms with Crippen LogP contribution in [-0.2, 0) is 32.2 Å². The van der Waals surface area contributed by atoms with Crippen LogP contribution in [-0.4, -0.2) is 33.6 Å². The van der Waals surface area contributed by atoms with Crippen LogP contribution in [0.25, 0.3) is 11.3 Å². The SMILES string of the molecule is CC(C)(C)OC(=O)CCNc1nc(Cl)c(-c2ccccc2)n(CC(=O)OCc2ccccc2)c1=O. The Morgan fingerprint density at radius 1 is 1.00 bits per heavy atom. The van der Waals surface area contributed by atoms with Crippen molar-refractivity contribution >= 4 is 29.4 Å². The minimum atomic E-state index is -0.608. The highest BCUT2D eigenvalue weighted by molar-refractivity contribution is 6.32. The van der Waals surface area contributed by atoms with Crippen molar-refractivity contribution in [1.29, 1.82) is 0 Å². The molecule has 0 atom stereocenters. The fraction of sp³-hybridized carbons (Fsp3) is 0.308. The van der Waals surface area contributed by atoms with Gasteiger partial charge in [0.05, 0.1) is 12.1 Å². The molecule has 0 bridgehead atoms. The Labute approximate surface area is 208 Å². The van der Waals surface area contributed by atoms with Crippen molar-refractivity contribution in [2.45, 2.75) is 45.9 Å². The molecule has 1 N–H and O–H groups in total. The zero-order valence-corrected chi connectivity index (χ0v) is 20.7. The lowest BCUT2D eigenvalue weighted by atomic mass is 10.1. The van der Waals surface area contributed by atoms with Gasteiger partial charge < -0.3 is 14.8 Å². The van der Waals surface area contributed by atoms with Gasteiger partial charge in [-0.05, 0) is 26.3 Å². The van der Waals surface area contributed by atoms with Gasteiger partial charge in [0.25, 0.3) is 5.56 Å². The molecule has 3 aromatic rings. The number of carbonyl (C=O) groups is 2. The van der Waals surface area contributed by atoms with Crippen LogP contribution in [0.3, 0.4) is 0 Å². The number of nitrogens with one attached hydrogen (secondary N) is 1. The largest absolute Gasteiger partial charge is 0.460 e. The van der Waals surface area contributed by atoms with E-state index >= 15 is 0 Å². The van der Waals surface area contributed by atoms with Gasteiger partial charge in [0, 0.05) is 12.1 Å². The van der Waals surface area contributed by atoms with Crippen LogP contribution in [0.15, 0.2) is 65.5 Å². The van der Waals surface area contributed by atoms with Crippen LogP contribution >= 0.6 is 11.6 Å². The van der Waals surface area contributed by atoms with Crippen LogP contribution in [0.2, 0.25) is 5.15 Å². The summed E-state index contributed by atoms with van der Waals surface area (Å²) < 4.78 is 11.9. The maximum Gasteiger partial charge on any atom is 0.326 e. The van der Waals surface area contributed by atoms with Gasteiger partial charge in [-0.2, -0.15) is 0 Å². The zero-order chi connectivity index (χ0) is 25.4. The quantitative estimate of drug-likeness (QED) is 0.436. The second-order valence-corrected chi connectivity index (χ2v) is 9.12. The van der Waals surface area contributed by atoms with Gasteiger partial charge in [0.15, 0.2) is 11.0 Å². The first-order valence-corrected chi connectivity index (χ1v) is 11.5. The van der Waals surface area contributed by atoms with Gasteiger partial charge in [0.2, 0.25) is 0 Å². The summed E-state index contributed by atoms with van der Waals surface area (Å²) in [4.78, 5) is 42.1. The normalized spacial score (nSPS) is 11.1. The Bertz CT molecular complexity index is 1220. The van der Waals surface area contributed by atoms with Crippen LogP contribution in [0.4, 0.5) is 5.82 Å². The molecule has 0 saturated heterocycles. The summed E-state index contributed by atoms with van der Waals surface area (Å²) >= 11 is 6.47. The topological polar surface area (TPSA) is 99.5 Å². The molecule has 0 aliphatic carbocycles. The number of ether oxygens (including phenoxy) is 2. The van der Waals surface area contributed by atoms with E-state index in [9.17, 15) is 14.4 Å². The number of benzene rings is 2. The standard InChI is InChI=1S/C26H28ClN3O5/c1-26(2,3)35-20(31)14-15-28-24-25(33)30(16-21(32)34-17-18-10-6-4-7-11-18)22(23(27)29-24)19-12-8-5-9-13-19/h4-13H,14-17H2,1-3H3,(H,28,29). The maximum absolute atomic E-state index is 13.3. The Morgan fingerprint density at radius 3 is 2.26 bits per heavy atom. The van der Waals surface area contributed by atoms with E-state index in [2.05, 4.69) is 10.3 Å². The van der Waals surface area contributed by atoms with Crippen LogP contribution in [0.5, 0.6) is 0 Å². The number of hydrogen-bond donors (Lipinski definition) is 1. The molecule has 3 rings (SSSR count). The Morgan fingerprint density at radius 2 is 1.63 bits per heavy atom. The molecule has 8 nitrogen and oxygen atoms in total. The number of carbonyl (C=O) groups excluding carboxylic acids is 2. The van der Waals surface area contributed by atoms with Crippen molar-refractivity contribution in [3.8, 4) is 11.3 Å². The molecule has 1 heterocycles. The molecule has 0 saturated carbocycles. The first-order chi connectivity index (χ1) is 16.6. The van der Waals surface area contributed by atoms with Crippen molar-refractivity contribution in [3.63, 3.8) is 0 Å². The number of aromatic nitrogens is 2. The molecule has 2 aromatic carbocycles. The molecule has 35 heavy (non-hydrogen) atoms. The molecule has 0 aliphatic heterocycles. The minimum Gasteiger partial charge on any atom is -0.460 e. The van der Waals surface area contributed by atoms with E-state index < -0.39 is 23.1 Å². The number of esters is 2. The number of rotatable bonds is 9. The van der Waals surface area contributed by atoms with Gasteiger partial charge >= 0.3 is 11.9 Å². The minimum absolute atomic E-state index is 0.0234. The number of hydrogen-bond acceptors (Lipinski definition) is 7. The molecule has 9 heteroatoms. The zero-order valence-electron chi connectivity index (χ0n) is 19.9. The van der Waals surface area contributed by atoms with E-state index in [1.54, 1.807) is 45.0 Å². The monoisotopic (exact) mass is 497 g/mol. The molecular weight excluding hydrogens is 470 g/mol. The van der Waals surface area contributed by atoms with Crippen molar-refractivity contribution in [3.05, 3.63) is 81.7 Å². The summed E-state index contributed by atoms with van der Waals surface area (Å²) in [6.07, 6.45) is 0.0234. The predicted molar refractivity (Wildman–Crippen MR) is 134 cm³/mol. The van der Waals surface area contributed by atoms with E-state index in [4.69, 9.17) is 21.1 Å². The van der Waals surface area contributed by atoms with Gasteiger partial charge in [-0.25, -0.2) is 4.98 Å². The Hall–Kier alpha value is -3.65. The maximum atomic E-state index is 13.3. The second-order valence-electron chi connectivity index (χ2n) is 8.77. The molecule has 0 radical (unpaired) electrons. The van der Waals surface area contributed by atoms with E-state index in [1.807, 2.05) is 36.4 Å². The molecule has 0 spiro atoms. The Kier molecular flexibility index (Phi) is 8.65. The number of halogens is 1.